The lowest BCUT2D eigenvalue weighted by atomic mass is 10.1. The fraction of sp³-hybridized carbons (Fsp3) is 1.00. The largest absolute Gasteiger partial charge is 0.673 e. The van der Waals surface area contributed by atoms with Gasteiger partial charge in [-0.05, 0) is 19.3 Å². The lowest BCUT2D eigenvalue weighted by Gasteiger charge is -2.41. The minimum atomic E-state index is -6.00. The van der Waals surface area contributed by atoms with Gasteiger partial charge in [0, 0.05) is 14.0 Å². The van der Waals surface area contributed by atoms with Crippen LogP contribution in [0, 0.1) is 0 Å². The summed E-state index contributed by atoms with van der Waals surface area (Å²) in [6.07, 6.45) is 4.51. The smallest absolute Gasteiger partial charge is 0.418 e. The third kappa shape index (κ3) is 7.06. The monoisotopic (exact) mass is 245 g/mol. The Bertz CT molecular complexity index is 188. The lowest BCUT2D eigenvalue weighted by molar-refractivity contribution is -0.956. The van der Waals surface area contributed by atoms with Gasteiger partial charge in [0.25, 0.3) is 0 Å². The van der Waals surface area contributed by atoms with Gasteiger partial charge in [-0.2, -0.15) is 0 Å². The molecule has 0 amide bonds. The van der Waals surface area contributed by atoms with Crippen LogP contribution < -0.4 is 0 Å². The molecule has 0 saturated carbocycles. The molecule has 1 aliphatic heterocycles. The standard InChI is InChI=1S/C9H20NO.BF4/c1-9(11-3)10(2)7-5-4-6-8-10;2-1(3,4)5/h9H,4-8H2,1-3H3;/q+1;-1. The van der Waals surface area contributed by atoms with Crippen LogP contribution in [-0.2, 0) is 4.74 Å². The van der Waals surface area contributed by atoms with Crippen molar-refractivity contribution in [3.8, 4) is 0 Å². The van der Waals surface area contributed by atoms with Crippen molar-refractivity contribution in [1.82, 2.24) is 0 Å². The van der Waals surface area contributed by atoms with Crippen LogP contribution in [0.25, 0.3) is 0 Å². The van der Waals surface area contributed by atoms with E-state index >= 15 is 0 Å². The lowest BCUT2D eigenvalue weighted by Crippen LogP contribution is -2.54. The minimum Gasteiger partial charge on any atom is -0.418 e. The molecule has 0 aromatic rings. The molecule has 0 aromatic heterocycles. The number of likely N-dealkylation sites (tertiary alicyclic amines) is 1. The van der Waals surface area contributed by atoms with Crippen molar-refractivity contribution in [2.75, 3.05) is 27.2 Å². The van der Waals surface area contributed by atoms with E-state index in [0.717, 1.165) is 4.48 Å². The molecule has 0 N–H and O–H groups in total. The molecule has 1 heterocycles. The van der Waals surface area contributed by atoms with Crippen LogP contribution in [0.1, 0.15) is 26.2 Å². The maximum absolute atomic E-state index is 9.75. The molecular formula is C9H20BF4NO. The molecule has 1 rings (SSSR count). The molecule has 2 nitrogen and oxygen atoms in total. The highest BCUT2D eigenvalue weighted by Crippen LogP contribution is 2.20. The SMILES string of the molecule is COC(C)[N+]1(C)CCCCC1.F[B-](F)(F)F. The van der Waals surface area contributed by atoms with E-state index in [1.807, 2.05) is 7.11 Å². The minimum absolute atomic E-state index is 0.371. The molecule has 16 heavy (non-hydrogen) atoms. The molecule has 1 fully saturated rings. The summed E-state index contributed by atoms with van der Waals surface area (Å²) in [6, 6.07) is 0. The molecular weight excluding hydrogens is 225 g/mol. The number of hydrogen-bond donors (Lipinski definition) is 0. The second-order valence-electron chi connectivity index (χ2n) is 4.32. The van der Waals surface area contributed by atoms with Gasteiger partial charge in [-0.25, -0.2) is 0 Å². The van der Waals surface area contributed by atoms with E-state index in [4.69, 9.17) is 4.74 Å². The van der Waals surface area contributed by atoms with Gasteiger partial charge in [-0.1, -0.05) is 0 Å². The first kappa shape index (κ1) is 15.7. The fourth-order valence-corrected chi connectivity index (χ4v) is 1.85. The average Bonchev–Trinajstić information content (AvgIpc) is 2.15. The fourth-order valence-electron chi connectivity index (χ4n) is 1.85. The third-order valence-electron chi connectivity index (χ3n) is 3.06. The molecule has 7 heteroatoms. The van der Waals surface area contributed by atoms with E-state index in [1.54, 1.807) is 0 Å². The highest BCUT2D eigenvalue weighted by atomic mass is 19.5. The molecule has 1 saturated heterocycles. The van der Waals surface area contributed by atoms with Crippen molar-refractivity contribution in [1.29, 1.82) is 0 Å². The van der Waals surface area contributed by atoms with Crippen LogP contribution in [0.4, 0.5) is 17.3 Å². The Labute approximate surface area is 94.3 Å². The highest BCUT2D eigenvalue weighted by Gasteiger charge is 2.30. The Kier molecular flexibility index (Phi) is 6.32. The summed E-state index contributed by atoms with van der Waals surface area (Å²) in [5.41, 5.74) is 0. The molecule has 98 valence electrons. The maximum Gasteiger partial charge on any atom is 0.673 e. The summed E-state index contributed by atoms with van der Waals surface area (Å²) >= 11 is 0. The number of piperidine rings is 1. The van der Waals surface area contributed by atoms with Crippen LogP contribution in [0.3, 0.4) is 0 Å². The Balaban J connectivity index is 0.000000385. The summed E-state index contributed by atoms with van der Waals surface area (Å²) in [5, 5.41) is 0. The zero-order chi connectivity index (χ0) is 12.8. The normalized spacial score (nSPS) is 21.9. The summed E-state index contributed by atoms with van der Waals surface area (Å²) in [7, 11) is -1.89. The van der Waals surface area contributed by atoms with Crippen LogP contribution >= 0.6 is 0 Å². The van der Waals surface area contributed by atoms with Crippen LogP contribution in [0.5, 0.6) is 0 Å². The Hall–Kier alpha value is -0.295. The number of halogens is 4. The second-order valence-corrected chi connectivity index (χ2v) is 4.32. The second kappa shape index (κ2) is 6.44. The number of methoxy groups -OCH3 is 1. The summed E-state index contributed by atoms with van der Waals surface area (Å²) in [4.78, 5) is 0. The molecule has 0 bridgehead atoms. The van der Waals surface area contributed by atoms with E-state index in [-0.39, 0.29) is 0 Å². The van der Waals surface area contributed by atoms with Gasteiger partial charge in [0.1, 0.15) is 0 Å². The number of rotatable bonds is 2. The molecule has 0 aromatic carbocycles. The molecule has 1 aliphatic rings. The summed E-state index contributed by atoms with van der Waals surface area (Å²) in [6.45, 7) is 4.75. The topological polar surface area (TPSA) is 9.23 Å². The maximum atomic E-state index is 9.75. The Morgan fingerprint density at radius 1 is 1.06 bits per heavy atom. The van der Waals surface area contributed by atoms with Crippen molar-refractivity contribution in [3.05, 3.63) is 0 Å². The van der Waals surface area contributed by atoms with E-state index in [1.165, 1.54) is 32.4 Å². The van der Waals surface area contributed by atoms with Crippen LogP contribution in [0.15, 0.2) is 0 Å². The van der Waals surface area contributed by atoms with Gasteiger partial charge >= 0.3 is 7.25 Å². The van der Waals surface area contributed by atoms with Crippen molar-refractivity contribution in [2.45, 2.75) is 32.4 Å². The van der Waals surface area contributed by atoms with Gasteiger partial charge < -0.3 is 26.5 Å². The molecule has 1 unspecified atom stereocenters. The molecule has 1 atom stereocenters. The van der Waals surface area contributed by atoms with E-state index in [9.17, 15) is 17.3 Å². The van der Waals surface area contributed by atoms with Gasteiger partial charge in [0.05, 0.1) is 20.1 Å². The zero-order valence-corrected chi connectivity index (χ0v) is 10.1. The first-order chi connectivity index (χ1) is 7.19. The predicted octanol–water partition coefficient (Wildman–Crippen LogP) is 2.91. The molecule has 0 aliphatic carbocycles. The van der Waals surface area contributed by atoms with Gasteiger partial charge in [0.2, 0.25) is 0 Å². The number of quaternary nitrogens is 1. The van der Waals surface area contributed by atoms with Gasteiger partial charge in [0.15, 0.2) is 6.23 Å². The van der Waals surface area contributed by atoms with E-state index < -0.39 is 7.25 Å². The number of hydrogen-bond acceptors (Lipinski definition) is 1. The van der Waals surface area contributed by atoms with Crippen LogP contribution in [-0.4, -0.2) is 45.2 Å². The quantitative estimate of drug-likeness (QED) is 0.413. The van der Waals surface area contributed by atoms with Crippen molar-refractivity contribution in [2.24, 2.45) is 0 Å². The zero-order valence-electron chi connectivity index (χ0n) is 10.1. The van der Waals surface area contributed by atoms with E-state index in [0.29, 0.717) is 6.23 Å². The number of nitrogens with zero attached hydrogens (tertiary/aromatic N) is 1. The van der Waals surface area contributed by atoms with Crippen molar-refractivity contribution in [3.63, 3.8) is 0 Å². The van der Waals surface area contributed by atoms with Crippen molar-refractivity contribution >= 4 is 7.25 Å². The molecule has 0 radical (unpaired) electrons. The van der Waals surface area contributed by atoms with Gasteiger partial charge in [-0.3, -0.25) is 0 Å². The Morgan fingerprint density at radius 3 is 1.75 bits per heavy atom. The first-order valence-electron chi connectivity index (χ1n) is 5.43. The van der Waals surface area contributed by atoms with Crippen LogP contribution in [0.2, 0.25) is 0 Å². The average molecular weight is 245 g/mol. The molecule has 0 spiro atoms. The summed E-state index contributed by atoms with van der Waals surface area (Å²) in [5.74, 6) is 0. The van der Waals surface area contributed by atoms with Crippen molar-refractivity contribution < 1.29 is 26.5 Å². The predicted molar refractivity (Wildman–Crippen MR) is 56.4 cm³/mol. The summed E-state index contributed by atoms with van der Waals surface area (Å²) < 4.78 is 45.5. The highest BCUT2D eigenvalue weighted by molar-refractivity contribution is 6.50. The number of ether oxygens (including phenoxy) is 1. The van der Waals surface area contributed by atoms with Gasteiger partial charge in [-0.15, -0.1) is 0 Å². The Morgan fingerprint density at radius 2 is 1.44 bits per heavy atom. The third-order valence-corrected chi connectivity index (χ3v) is 3.06. The van der Waals surface area contributed by atoms with E-state index in [2.05, 4.69) is 14.0 Å². The first-order valence-corrected chi connectivity index (χ1v) is 5.43.